The van der Waals surface area contributed by atoms with Crippen molar-refractivity contribution >= 4 is 15.7 Å². The molecule has 0 aromatic carbocycles. The Balaban J connectivity index is 2.30. The van der Waals surface area contributed by atoms with E-state index in [1.807, 2.05) is 7.05 Å². The Labute approximate surface area is 90.7 Å². The fourth-order valence-corrected chi connectivity index (χ4v) is 2.74. The van der Waals surface area contributed by atoms with Crippen LogP contribution in [0.3, 0.4) is 0 Å². The summed E-state index contributed by atoms with van der Waals surface area (Å²) < 4.78 is 22.3. The van der Waals surface area contributed by atoms with Crippen LogP contribution in [0.2, 0.25) is 0 Å². The quantitative estimate of drug-likeness (QED) is 0.650. The predicted octanol–water partition coefficient (Wildman–Crippen LogP) is -0.757. The van der Waals surface area contributed by atoms with Gasteiger partial charge >= 0.3 is 0 Å². The molecule has 0 unspecified atom stereocenters. The smallest absolute Gasteiger partial charge is 0.222 e. The SMILES string of the molecule is CNCCCC(=O)N1CCS(=O)(=O)CC1. The van der Waals surface area contributed by atoms with Crippen molar-refractivity contribution in [2.45, 2.75) is 12.8 Å². The molecule has 1 aliphatic rings. The van der Waals surface area contributed by atoms with Crippen LogP contribution in [0, 0.1) is 0 Å². The number of hydrogen-bond donors (Lipinski definition) is 1. The first-order valence-electron chi connectivity index (χ1n) is 5.18. The van der Waals surface area contributed by atoms with E-state index in [1.54, 1.807) is 4.90 Å². The molecule has 6 heteroatoms. The molecule has 0 atom stereocenters. The minimum Gasteiger partial charge on any atom is -0.341 e. The number of nitrogens with zero attached hydrogens (tertiary/aromatic N) is 1. The lowest BCUT2D eigenvalue weighted by atomic mass is 10.2. The molecule has 0 saturated carbocycles. The molecule has 1 amide bonds. The standard InChI is InChI=1S/C9H18N2O3S/c1-10-4-2-3-9(12)11-5-7-15(13,14)8-6-11/h10H,2-8H2,1H3. The lowest BCUT2D eigenvalue weighted by Gasteiger charge is -2.26. The fourth-order valence-electron chi connectivity index (χ4n) is 1.54. The summed E-state index contributed by atoms with van der Waals surface area (Å²) in [5.74, 6) is 0.301. The van der Waals surface area contributed by atoms with Gasteiger partial charge in [0.25, 0.3) is 0 Å². The van der Waals surface area contributed by atoms with E-state index in [0.29, 0.717) is 19.5 Å². The van der Waals surface area contributed by atoms with Crippen molar-refractivity contribution in [1.82, 2.24) is 10.2 Å². The van der Waals surface area contributed by atoms with Gasteiger partial charge < -0.3 is 10.2 Å². The number of carbonyl (C=O) groups excluding carboxylic acids is 1. The molecule has 0 aliphatic carbocycles. The number of nitrogens with one attached hydrogen (secondary N) is 1. The van der Waals surface area contributed by atoms with E-state index in [-0.39, 0.29) is 17.4 Å². The van der Waals surface area contributed by atoms with Gasteiger partial charge in [-0.3, -0.25) is 4.79 Å². The van der Waals surface area contributed by atoms with Crippen LogP contribution < -0.4 is 5.32 Å². The summed E-state index contributed by atoms with van der Waals surface area (Å²) in [4.78, 5) is 13.2. The molecule has 1 rings (SSSR count). The van der Waals surface area contributed by atoms with Crippen molar-refractivity contribution in [3.63, 3.8) is 0 Å². The van der Waals surface area contributed by atoms with Gasteiger partial charge in [-0.15, -0.1) is 0 Å². The zero-order chi connectivity index (χ0) is 11.3. The third kappa shape index (κ3) is 4.17. The second kappa shape index (κ2) is 5.46. The minimum atomic E-state index is -2.88. The average Bonchev–Trinajstić information content (AvgIpc) is 2.18. The highest BCUT2D eigenvalue weighted by Crippen LogP contribution is 2.06. The molecule has 0 aromatic rings. The summed E-state index contributed by atoms with van der Waals surface area (Å²) in [7, 11) is -1.04. The van der Waals surface area contributed by atoms with Crippen molar-refractivity contribution in [3.05, 3.63) is 0 Å². The zero-order valence-corrected chi connectivity index (χ0v) is 9.85. The first-order valence-corrected chi connectivity index (χ1v) is 7.00. The monoisotopic (exact) mass is 234 g/mol. The minimum absolute atomic E-state index is 0.0696. The molecule has 1 aliphatic heterocycles. The van der Waals surface area contributed by atoms with Crippen molar-refractivity contribution in [2.24, 2.45) is 0 Å². The molecule has 1 saturated heterocycles. The third-order valence-electron chi connectivity index (χ3n) is 2.51. The van der Waals surface area contributed by atoms with Gasteiger partial charge in [-0.1, -0.05) is 0 Å². The van der Waals surface area contributed by atoms with E-state index in [2.05, 4.69) is 5.32 Å². The van der Waals surface area contributed by atoms with Gasteiger partial charge in [-0.25, -0.2) is 8.42 Å². The molecule has 0 bridgehead atoms. The second-order valence-electron chi connectivity index (χ2n) is 3.74. The molecule has 1 N–H and O–H groups in total. The maximum Gasteiger partial charge on any atom is 0.222 e. The molecule has 5 nitrogen and oxygen atoms in total. The van der Waals surface area contributed by atoms with Crippen LogP contribution in [0.4, 0.5) is 0 Å². The van der Waals surface area contributed by atoms with E-state index in [9.17, 15) is 13.2 Å². The van der Waals surface area contributed by atoms with Gasteiger partial charge in [0.1, 0.15) is 0 Å². The zero-order valence-electron chi connectivity index (χ0n) is 9.03. The molecule has 1 heterocycles. The number of carbonyl (C=O) groups is 1. The number of rotatable bonds is 4. The van der Waals surface area contributed by atoms with Gasteiger partial charge in [0, 0.05) is 19.5 Å². The predicted molar refractivity (Wildman–Crippen MR) is 58.4 cm³/mol. The summed E-state index contributed by atoms with van der Waals surface area (Å²) in [6, 6.07) is 0. The van der Waals surface area contributed by atoms with Gasteiger partial charge in [0.2, 0.25) is 5.91 Å². The lowest BCUT2D eigenvalue weighted by Crippen LogP contribution is -2.43. The van der Waals surface area contributed by atoms with Gasteiger partial charge in [-0.2, -0.15) is 0 Å². The van der Waals surface area contributed by atoms with Crippen molar-refractivity contribution in [1.29, 1.82) is 0 Å². The molecular formula is C9H18N2O3S. The third-order valence-corrected chi connectivity index (χ3v) is 4.12. The van der Waals surface area contributed by atoms with Gasteiger partial charge in [0.05, 0.1) is 11.5 Å². The maximum absolute atomic E-state index is 11.6. The number of sulfone groups is 1. The number of amides is 1. The molecular weight excluding hydrogens is 216 g/mol. The molecule has 0 radical (unpaired) electrons. The first-order chi connectivity index (χ1) is 7.05. The van der Waals surface area contributed by atoms with E-state index in [1.165, 1.54) is 0 Å². The average molecular weight is 234 g/mol. The highest BCUT2D eigenvalue weighted by Gasteiger charge is 2.24. The molecule has 1 fully saturated rings. The summed E-state index contributed by atoms with van der Waals surface area (Å²) >= 11 is 0. The highest BCUT2D eigenvalue weighted by atomic mass is 32.2. The summed E-state index contributed by atoms with van der Waals surface area (Å²) in [6.45, 7) is 1.54. The first kappa shape index (κ1) is 12.4. The van der Waals surface area contributed by atoms with E-state index in [0.717, 1.165) is 13.0 Å². The normalized spacial score (nSPS) is 20.2. The Hall–Kier alpha value is -0.620. The van der Waals surface area contributed by atoms with E-state index in [4.69, 9.17) is 0 Å². The van der Waals surface area contributed by atoms with Crippen LogP contribution in [-0.2, 0) is 14.6 Å². The van der Waals surface area contributed by atoms with Crippen LogP contribution in [0.1, 0.15) is 12.8 Å². The maximum atomic E-state index is 11.6. The van der Waals surface area contributed by atoms with E-state index >= 15 is 0 Å². The Bertz CT molecular complexity index is 299. The van der Waals surface area contributed by atoms with Crippen LogP contribution in [0.5, 0.6) is 0 Å². The summed E-state index contributed by atoms with van der Waals surface area (Å²) in [5, 5.41) is 2.97. The summed E-state index contributed by atoms with van der Waals surface area (Å²) in [6.07, 6.45) is 1.31. The number of hydrogen-bond acceptors (Lipinski definition) is 4. The second-order valence-corrected chi connectivity index (χ2v) is 6.04. The van der Waals surface area contributed by atoms with Gasteiger partial charge in [0.15, 0.2) is 9.84 Å². The van der Waals surface area contributed by atoms with Crippen LogP contribution >= 0.6 is 0 Å². The van der Waals surface area contributed by atoms with Crippen LogP contribution in [0.15, 0.2) is 0 Å². The molecule has 0 spiro atoms. The van der Waals surface area contributed by atoms with Crippen LogP contribution in [0.25, 0.3) is 0 Å². The van der Waals surface area contributed by atoms with Gasteiger partial charge in [-0.05, 0) is 20.0 Å². The van der Waals surface area contributed by atoms with E-state index < -0.39 is 9.84 Å². The highest BCUT2D eigenvalue weighted by molar-refractivity contribution is 7.91. The Kier molecular flexibility index (Phi) is 4.53. The molecule has 15 heavy (non-hydrogen) atoms. The topological polar surface area (TPSA) is 66.5 Å². The molecule has 0 aromatic heterocycles. The van der Waals surface area contributed by atoms with Crippen LogP contribution in [-0.4, -0.2) is 57.4 Å². The Morgan fingerprint density at radius 1 is 1.33 bits per heavy atom. The van der Waals surface area contributed by atoms with Crippen molar-refractivity contribution < 1.29 is 13.2 Å². The largest absolute Gasteiger partial charge is 0.341 e. The van der Waals surface area contributed by atoms with Crippen molar-refractivity contribution in [2.75, 3.05) is 38.2 Å². The fraction of sp³-hybridized carbons (Fsp3) is 0.889. The Morgan fingerprint density at radius 2 is 1.93 bits per heavy atom. The van der Waals surface area contributed by atoms with Crippen molar-refractivity contribution in [3.8, 4) is 0 Å². The molecule has 88 valence electrons. The summed E-state index contributed by atoms with van der Waals surface area (Å²) in [5.41, 5.74) is 0. The Morgan fingerprint density at radius 3 is 2.47 bits per heavy atom. The lowest BCUT2D eigenvalue weighted by molar-refractivity contribution is -0.130.